The molecule has 1 fully saturated rings. The van der Waals surface area contributed by atoms with Crippen LogP contribution < -0.4 is 4.74 Å². The average Bonchev–Trinajstić information content (AvgIpc) is 2.86. The van der Waals surface area contributed by atoms with E-state index in [1.165, 1.54) is 18.9 Å². The second kappa shape index (κ2) is 11.2. The third kappa shape index (κ3) is 5.51. The van der Waals surface area contributed by atoms with Crippen LogP contribution in [0, 0.1) is 32.0 Å². The van der Waals surface area contributed by atoms with Crippen molar-refractivity contribution in [2.45, 2.75) is 98.6 Å². The van der Waals surface area contributed by atoms with Gasteiger partial charge in [0.1, 0.15) is 6.29 Å². The summed E-state index contributed by atoms with van der Waals surface area (Å²) < 4.78 is 21.0. The molecule has 1 heterocycles. The Kier molecular flexibility index (Phi) is 8.32. The molecule has 1 aliphatic heterocycles. The van der Waals surface area contributed by atoms with Crippen LogP contribution in [0.2, 0.25) is 0 Å². The molecule has 4 rings (SSSR count). The second-order valence-electron chi connectivity index (χ2n) is 12.1. The van der Waals surface area contributed by atoms with Crippen molar-refractivity contribution in [1.82, 2.24) is 4.90 Å². The maximum Gasteiger partial charge on any atom is 0.307 e. The summed E-state index contributed by atoms with van der Waals surface area (Å²) in [5.41, 5.74) is 7.99. The molecule has 5 nitrogen and oxygen atoms in total. The van der Waals surface area contributed by atoms with Gasteiger partial charge in [0.15, 0.2) is 11.6 Å². The Morgan fingerprint density at radius 2 is 1.89 bits per heavy atom. The Labute approximate surface area is 226 Å². The average molecular weight is 524 g/mol. The summed E-state index contributed by atoms with van der Waals surface area (Å²) in [6.45, 7) is 11.7. The lowest BCUT2D eigenvalue weighted by molar-refractivity contribution is -0.136. The number of aliphatic carboxylic acids is 1. The number of carboxylic acids is 1. The van der Waals surface area contributed by atoms with E-state index < -0.39 is 11.8 Å². The Hall–Kier alpha value is -2.73. The largest absolute Gasteiger partial charge is 0.490 e. The van der Waals surface area contributed by atoms with E-state index in [0.29, 0.717) is 35.9 Å². The van der Waals surface area contributed by atoms with Crippen molar-refractivity contribution in [1.29, 1.82) is 0 Å². The summed E-state index contributed by atoms with van der Waals surface area (Å²) >= 11 is 0. The molecule has 0 radical (unpaired) electrons. The van der Waals surface area contributed by atoms with Crippen molar-refractivity contribution in [2.24, 2.45) is 5.41 Å². The van der Waals surface area contributed by atoms with Crippen LogP contribution in [0.5, 0.6) is 5.75 Å². The van der Waals surface area contributed by atoms with Crippen LogP contribution in [0.15, 0.2) is 6.07 Å². The molecular formula is C32H42FNO4. The van der Waals surface area contributed by atoms with Crippen molar-refractivity contribution in [2.75, 3.05) is 13.7 Å². The first-order valence-corrected chi connectivity index (χ1v) is 13.9. The fraction of sp³-hybridized carbons (Fsp3) is 0.562. The summed E-state index contributed by atoms with van der Waals surface area (Å²) in [6, 6.07) is 1.95. The van der Waals surface area contributed by atoms with E-state index in [-0.39, 0.29) is 12.8 Å². The highest BCUT2D eigenvalue weighted by atomic mass is 19.1. The molecule has 1 atom stereocenters. The zero-order valence-corrected chi connectivity index (χ0v) is 23.8. The number of carbonyl (C=O) groups is 2. The summed E-state index contributed by atoms with van der Waals surface area (Å²) in [7, 11) is 2.15. The molecule has 1 saturated carbocycles. The van der Waals surface area contributed by atoms with Gasteiger partial charge in [0.25, 0.3) is 0 Å². The maximum absolute atomic E-state index is 15.4. The number of rotatable bonds is 8. The van der Waals surface area contributed by atoms with Gasteiger partial charge in [-0.25, -0.2) is 4.39 Å². The molecule has 206 valence electrons. The number of aldehydes is 1. The van der Waals surface area contributed by atoms with Crippen molar-refractivity contribution in [3.8, 4) is 16.9 Å². The third-order valence-electron chi connectivity index (χ3n) is 8.93. The summed E-state index contributed by atoms with van der Waals surface area (Å²) in [5.74, 6) is -1.03. The first-order chi connectivity index (χ1) is 17.9. The first kappa shape index (κ1) is 28.3. The highest BCUT2D eigenvalue weighted by molar-refractivity contribution is 5.84. The van der Waals surface area contributed by atoms with Gasteiger partial charge in [-0.2, -0.15) is 0 Å². The standard InChI is InChI=1S/C32H42FNO4/c1-19-23(11-13-35)27(18-34(6)22-9-7-12-32(4,5)17-22)21(3)30(26(19)16-29(36)37)25-15-28(33)31-24(20(25)2)10-8-14-38-31/h13,15,22H,7-12,14,16-18H2,1-6H3,(H,36,37). The Balaban J connectivity index is 1.92. The number of ether oxygens (including phenoxy) is 1. The molecule has 1 N–H and O–H groups in total. The van der Waals surface area contributed by atoms with Crippen LogP contribution in [-0.4, -0.2) is 42.0 Å². The molecule has 0 bridgehead atoms. The van der Waals surface area contributed by atoms with E-state index in [9.17, 15) is 14.7 Å². The van der Waals surface area contributed by atoms with Gasteiger partial charge in [-0.05, 0) is 116 Å². The van der Waals surface area contributed by atoms with Crippen molar-refractivity contribution < 1.29 is 23.8 Å². The third-order valence-corrected chi connectivity index (χ3v) is 8.93. The number of halogens is 1. The number of hydrogen-bond acceptors (Lipinski definition) is 4. The van der Waals surface area contributed by atoms with Crippen molar-refractivity contribution >= 4 is 12.3 Å². The van der Waals surface area contributed by atoms with Crippen LogP contribution in [0.1, 0.15) is 84.9 Å². The molecule has 1 aliphatic carbocycles. The fourth-order valence-electron chi connectivity index (χ4n) is 6.84. The minimum absolute atomic E-state index is 0.185. The molecule has 1 unspecified atom stereocenters. The van der Waals surface area contributed by atoms with Crippen LogP contribution in [0.4, 0.5) is 4.39 Å². The number of carbonyl (C=O) groups excluding carboxylic acids is 1. The number of carboxylic acid groups (broad SMARTS) is 1. The van der Waals surface area contributed by atoms with E-state index in [1.54, 1.807) is 0 Å². The molecule has 0 aromatic heterocycles. The molecular weight excluding hydrogens is 481 g/mol. The normalized spacial score (nSPS) is 18.7. The zero-order valence-electron chi connectivity index (χ0n) is 23.8. The van der Waals surface area contributed by atoms with E-state index in [4.69, 9.17) is 4.74 Å². The molecule has 2 aromatic rings. The quantitative estimate of drug-likeness (QED) is 0.400. The van der Waals surface area contributed by atoms with Crippen LogP contribution in [-0.2, 0) is 35.4 Å². The Morgan fingerprint density at radius 3 is 2.55 bits per heavy atom. The Bertz CT molecular complexity index is 1250. The maximum atomic E-state index is 15.4. The van der Waals surface area contributed by atoms with Gasteiger partial charge >= 0.3 is 5.97 Å². The van der Waals surface area contributed by atoms with E-state index in [1.807, 2.05) is 20.8 Å². The van der Waals surface area contributed by atoms with Gasteiger partial charge in [-0.1, -0.05) is 20.3 Å². The van der Waals surface area contributed by atoms with E-state index in [0.717, 1.165) is 76.5 Å². The van der Waals surface area contributed by atoms with Crippen LogP contribution >= 0.6 is 0 Å². The lowest BCUT2D eigenvalue weighted by Gasteiger charge is -2.40. The molecule has 2 aromatic carbocycles. The van der Waals surface area contributed by atoms with Gasteiger partial charge < -0.3 is 14.6 Å². The van der Waals surface area contributed by atoms with Crippen LogP contribution in [0.3, 0.4) is 0 Å². The number of fused-ring (bicyclic) bond motifs is 1. The topological polar surface area (TPSA) is 66.8 Å². The second-order valence-corrected chi connectivity index (χ2v) is 12.1. The number of nitrogens with zero attached hydrogens (tertiary/aromatic N) is 1. The summed E-state index contributed by atoms with van der Waals surface area (Å²) in [6.07, 6.45) is 7.17. The van der Waals surface area contributed by atoms with E-state index in [2.05, 4.69) is 25.8 Å². The summed E-state index contributed by atoms with van der Waals surface area (Å²) in [4.78, 5) is 26.2. The molecule has 0 amide bonds. The number of hydrogen-bond donors (Lipinski definition) is 1. The molecule has 2 aliphatic rings. The van der Waals surface area contributed by atoms with Gasteiger partial charge in [0.05, 0.1) is 13.0 Å². The van der Waals surface area contributed by atoms with Crippen molar-refractivity contribution in [3.63, 3.8) is 0 Å². The van der Waals surface area contributed by atoms with Gasteiger partial charge in [0, 0.05) is 24.6 Å². The first-order valence-electron chi connectivity index (χ1n) is 13.9. The van der Waals surface area contributed by atoms with Gasteiger partial charge in [0.2, 0.25) is 0 Å². The smallest absolute Gasteiger partial charge is 0.307 e. The minimum atomic E-state index is -0.945. The van der Waals surface area contributed by atoms with Gasteiger partial charge in [-0.15, -0.1) is 0 Å². The lowest BCUT2D eigenvalue weighted by Crippen LogP contribution is -2.38. The zero-order chi connectivity index (χ0) is 27.8. The predicted molar refractivity (Wildman–Crippen MR) is 148 cm³/mol. The minimum Gasteiger partial charge on any atom is -0.490 e. The predicted octanol–water partition coefficient (Wildman–Crippen LogP) is 6.51. The molecule has 6 heteroatoms. The Morgan fingerprint density at radius 1 is 1.16 bits per heavy atom. The van der Waals surface area contributed by atoms with Gasteiger partial charge in [-0.3, -0.25) is 9.69 Å². The SMILES string of the molecule is Cc1c(-c2c(C)c(CN(C)C3CCCC(C)(C)C3)c(CC=O)c(C)c2CC(=O)O)cc(F)c2c1CCCO2. The molecule has 0 saturated heterocycles. The monoisotopic (exact) mass is 523 g/mol. The highest BCUT2D eigenvalue weighted by Gasteiger charge is 2.32. The van der Waals surface area contributed by atoms with Crippen molar-refractivity contribution in [3.05, 3.63) is 50.8 Å². The molecule has 0 spiro atoms. The highest BCUT2D eigenvalue weighted by Crippen LogP contribution is 2.43. The fourth-order valence-corrected chi connectivity index (χ4v) is 6.84. The number of benzene rings is 2. The van der Waals surface area contributed by atoms with E-state index >= 15 is 4.39 Å². The van der Waals surface area contributed by atoms with Crippen LogP contribution in [0.25, 0.3) is 11.1 Å². The summed E-state index contributed by atoms with van der Waals surface area (Å²) in [5, 5.41) is 9.85. The molecule has 38 heavy (non-hydrogen) atoms. The lowest BCUT2D eigenvalue weighted by atomic mass is 9.74.